The number of fused-ring (bicyclic) bond motifs is 1. The molecule has 2 unspecified atom stereocenters. The number of esters is 2. The van der Waals surface area contributed by atoms with E-state index in [9.17, 15) is 9.59 Å². The van der Waals surface area contributed by atoms with Gasteiger partial charge in [0.1, 0.15) is 5.75 Å². The van der Waals surface area contributed by atoms with Crippen LogP contribution < -0.4 is 4.74 Å². The van der Waals surface area contributed by atoms with Crippen LogP contribution in [0.1, 0.15) is 61.0 Å². The summed E-state index contributed by atoms with van der Waals surface area (Å²) in [4.78, 5) is 24.7. The Hall–Kier alpha value is -2.86. The Kier molecular flexibility index (Phi) is 7.56. The van der Waals surface area contributed by atoms with Crippen LogP contribution in [-0.2, 0) is 36.8 Å². The molecule has 6 heteroatoms. The predicted octanol–water partition coefficient (Wildman–Crippen LogP) is 4.75. The van der Waals surface area contributed by atoms with Crippen LogP contribution in [0.3, 0.4) is 0 Å². The number of hydrogen-bond acceptors (Lipinski definition) is 6. The molecule has 0 amide bonds. The minimum atomic E-state index is -0.894. The average molecular weight is 441 g/mol. The average Bonchev–Trinajstić information content (AvgIpc) is 3.22. The van der Waals surface area contributed by atoms with E-state index in [1.54, 1.807) is 21.0 Å². The lowest BCUT2D eigenvalue weighted by Crippen LogP contribution is -2.34. The quantitative estimate of drug-likeness (QED) is 0.524. The van der Waals surface area contributed by atoms with Gasteiger partial charge >= 0.3 is 11.9 Å². The third-order valence-electron chi connectivity index (χ3n) is 6.39. The van der Waals surface area contributed by atoms with Crippen molar-refractivity contribution < 1.29 is 28.5 Å². The van der Waals surface area contributed by atoms with E-state index < -0.39 is 5.41 Å². The molecule has 0 bridgehead atoms. The molecule has 1 aliphatic carbocycles. The van der Waals surface area contributed by atoms with Crippen molar-refractivity contribution in [3.05, 3.63) is 64.7 Å². The number of hydrogen-bond donors (Lipinski definition) is 0. The second-order valence-corrected chi connectivity index (χ2v) is 8.69. The molecule has 3 rings (SSSR count). The fraction of sp³-hybridized carbons (Fsp3) is 0.462. The van der Waals surface area contributed by atoms with Crippen LogP contribution in [0, 0.1) is 5.41 Å². The lowest BCUT2D eigenvalue weighted by molar-refractivity contribution is -0.153. The van der Waals surface area contributed by atoms with Crippen molar-refractivity contribution in [1.82, 2.24) is 0 Å². The third-order valence-corrected chi connectivity index (χ3v) is 6.39. The van der Waals surface area contributed by atoms with Gasteiger partial charge in [0.25, 0.3) is 0 Å². The van der Waals surface area contributed by atoms with Gasteiger partial charge in [-0.15, -0.1) is 0 Å². The van der Waals surface area contributed by atoms with E-state index in [4.69, 9.17) is 18.9 Å². The molecule has 0 heterocycles. The summed E-state index contributed by atoms with van der Waals surface area (Å²) in [5.74, 6) is -0.288. The van der Waals surface area contributed by atoms with E-state index in [0.717, 1.165) is 35.3 Å². The molecule has 0 saturated carbocycles. The lowest BCUT2D eigenvalue weighted by Gasteiger charge is -2.32. The van der Waals surface area contributed by atoms with Gasteiger partial charge < -0.3 is 18.9 Å². The highest BCUT2D eigenvalue weighted by molar-refractivity contribution is 5.79. The predicted molar refractivity (Wildman–Crippen MR) is 120 cm³/mol. The molecule has 0 saturated heterocycles. The number of ether oxygens (including phenoxy) is 4. The molecule has 2 aromatic carbocycles. The van der Waals surface area contributed by atoms with E-state index in [1.165, 1.54) is 19.8 Å². The van der Waals surface area contributed by atoms with Gasteiger partial charge in [-0.25, -0.2) is 0 Å². The Balaban J connectivity index is 1.84. The van der Waals surface area contributed by atoms with Crippen molar-refractivity contribution in [2.24, 2.45) is 5.41 Å². The Morgan fingerprint density at radius 1 is 1.03 bits per heavy atom. The van der Waals surface area contributed by atoms with Gasteiger partial charge in [-0.3, -0.25) is 9.59 Å². The lowest BCUT2D eigenvalue weighted by atomic mass is 9.72. The van der Waals surface area contributed by atoms with E-state index in [-0.39, 0.29) is 30.4 Å². The first-order valence-electron chi connectivity index (χ1n) is 10.8. The smallest absolute Gasteiger partial charge is 0.311 e. The maximum atomic E-state index is 12.5. The van der Waals surface area contributed by atoms with Crippen molar-refractivity contribution in [2.75, 3.05) is 21.3 Å². The van der Waals surface area contributed by atoms with Crippen molar-refractivity contribution in [3.8, 4) is 5.75 Å². The highest BCUT2D eigenvalue weighted by Crippen LogP contribution is 2.43. The largest absolute Gasteiger partial charge is 0.497 e. The highest BCUT2D eigenvalue weighted by Gasteiger charge is 2.41. The van der Waals surface area contributed by atoms with Gasteiger partial charge in [0.05, 0.1) is 45.9 Å². The van der Waals surface area contributed by atoms with Gasteiger partial charge in [-0.1, -0.05) is 30.3 Å². The second kappa shape index (κ2) is 10.2. The molecule has 0 fully saturated rings. The van der Waals surface area contributed by atoms with Crippen LogP contribution in [0.2, 0.25) is 0 Å². The summed E-state index contributed by atoms with van der Waals surface area (Å²) in [6, 6.07) is 14.0. The zero-order chi connectivity index (χ0) is 23.3. The number of carbonyl (C=O) groups excluding carboxylic acids is 2. The fourth-order valence-corrected chi connectivity index (χ4v) is 4.34. The maximum Gasteiger partial charge on any atom is 0.311 e. The van der Waals surface area contributed by atoms with Crippen LogP contribution in [0.4, 0.5) is 0 Å². The van der Waals surface area contributed by atoms with Crippen molar-refractivity contribution in [2.45, 2.75) is 51.7 Å². The molecule has 32 heavy (non-hydrogen) atoms. The molecule has 0 aromatic heterocycles. The molecule has 2 aromatic rings. The fourth-order valence-electron chi connectivity index (χ4n) is 4.34. The number of rotatable bonds is 9. The van der Waals surface area contributed by atoms with Gasteiger partial charge in [0.15, 0.2) is 0 Å². The third kappa shape index (κ3) is 5.13. The summed E-state index contributed by atoms with van der Waals surface area (Å²) in [7, 11) is 4.37. The molecule has 2 atom stereocenters. The summed E-state index contributed by atoms with van der Waals surface area (Å²) in [5.41, 5.74) is 3.44. The minimum absolute atomic E-state index is 0.0351. The molecule has 6 nitrogen and oxygen atoms in total. The molecular weight excluding hydrogens is 408 g/mol. The Labute approximate surface area is 189 Å². The Morgan fingerprint density at radius 2 is 1.75 bits per heavy atom. The normalized spacial score (nSPS) is 16.2. The highest BCUT2D eigenvalue weighted by atomic mass is 16.5. The molecule has 0 spiro atoms. The van der Waals surface area contributed by atoms with Crippen LogP contribution in [0.5, 0.6) is 5.75 Å². The molecule has 0 aliphatic heterocycles. The van der Waals surface area contributed by atoms with Crippen LogP contribution in [0.15, 0.2) is 42.5 Å². The number of benzene rings is 2. The summed E-state index contributed by atoms with van der Waals surface area (Å²) < 4.78 is 21.4. The number of methoxy groups -OCH3 is 3. The van der Waals surface area contributed by atoms with E-state index in [2.05, 4.69) is 12.1 Å². The van der Waals surface area contributed by atoms with Crippen molar-refractivity contribution in [1.29, 1.82) is 0 Å². The first-order chi connectivity index (χ1) is 15.3. The van der Waals surface area contributed by atoms with Crippen molar-refractivity contribution in [3.63, 3.8) is 0 Å². The monoisotopic (exact) mass is 440 g/mol. The number of carbonyl (C=O) groups is 2. The SMILES string of the molecule is COC(=O)CC(c1ccc2c(c1)C(OCc1ccc(OC)cc1)CC2)C(C)(C)C(=O)OC. The topological polar surface area (TPSA) is 71.1 Å². The van der Waals surface area contributed by atoms with Crippen LogP contribution in [-0.4, -0.2) is 33.3 Å². The van der Waals surface area contributed by atoms with E-state index >= 15 is 0 Å². The van der Waals surface area contributed by atoms with Crippen molar-refractivity contribution >= 4 is 11.9 Å². The zero-order valence-corrected chi connectivity index (χ0v) is 19.5. The first kappa shape index (κ1) is 23.8. The molecule has 1 aliphatic rings. The minimum Gasteiger partial charge on any atom is -0.497 e. The summed E-state index contributed by atoms with van der Waals surface area (Å²) in [6.45, 7) is 4.10. The molecule has 0 radical (unpaired) electrons. The summed E-state index contributed by atoms with van der Waals surface area (Å²) >= 11 is 0. The Morgan fingerprint density at radius 3 is 2.38 bits per heavy atom. The van der Waals surface area contributed by atoms with Crippen LogP contribution in [0.25, 0.3) is 0 Å². The van der Waals surface area contributed by atoms with Gasteiger partial charge in [0, 0.05) is 5.92 Å². The van der Waals surface area contributed by atoms with E-state index in [1.807, 2.05) is 30.3 Å². The summed E-state index contributed by atoms with van der Waals surface area (Å²) in [6.07, 6.45) is 1.89. The first-order valence-corrected chi connectivity index (χ1v) is 10.8. The molecular formula is C26H32O6. The van der Waals surface area contributed by atoms with Crippen LogP contribution >= 0.6 is 0 Å². The van der Waals surface area contributed by atoms with E-state index in [0.29, 0.717) is 6.61 Å². The Bertz CT molecular complexity index is 947. The standard InChI is InChI=1S/C26H32O6/c1-26(2,25(28)31-5)22(15-24(27)30-4)19-9-8-18-10-13-23(21(18)14-19)32-16-17-6-11-20(29-3)12-7-17/h6-9,11-12,14,22-23H,10,13,15-16H2,1-5H3. The zero-order valence-electron chi connectivity index (χ0n) is 19.5. The second-order valence-electron chi connectivity index (χ2n) is 8.69. The molecule has 0 N–H and O–H groups in total. The van der Waals surface area contributed by atoms with Gasteiger partial charge in [0.2, 0.25) is 0 Å². The molecule has 172 valence electrons. The summed E-state index contributed by atoms with van der Waals surface area (Å²) in [5, 5.41) is 0. The maximum absolute atomic E-state index is 12.5. The van der Waals surface area contributed by atoms with Gasteiger partial charge in [-0.2, -0.15) is 0 Å². The van der Waals surface area contributed by atoms with Gasteiger partial charge in [-0.05, 0) is 61.1 Å². The number of aryl methyl sites for hydroxylation is 1.